The van der Waals surface area contributed by atoms with E-state index in [0.29, 0.717) is 12.3 Å². The van der Waals surface area contributed by atoms with Crippen molar-refractivity contribution in [2.24, 2.45) is 5.92 Å². The van der Waals surface area contributed by atoms with Gasteiger partial charge in [-0.2, -0.15) is 0 Å². The first kappa shape index (κ1) is 20.2. The second kappa shape index (κ2) is 10.9. The Hall–Kier alpha value is -0.770. The molecule has 0 aliphatic carbocycles. The van der Waals surface area contributed by atoms with E-state index in [1.807, 2.05) is 31.3 Å². The third-order valence-electron chi connectivity index (χ3n) is 3.15. The van der Waals surface area contributed by atoms with Crippen LogP contribution in [0.25, 0.3) is 0 Å². The van der Waals surface area contributed by atoms with Crippen molar-refractivity contribution in [1.82, 2.24) is 10.6 Å². The second-order valence-corrected chi connectivity index (χ2v) is 5.94. The molecule has 1 amide bonds. The van der Waals surface area contributed by atoms with Crippen LogP contribution in [0.2, 0.25) is 5.02 Å². The molecule has 1 aromatic rings. The minimum absolute atomic E-state index is 0. The van der Waals surface area contributed by atoms with Crippen LogP contribution in [-0.2, 0) is 4.79 Å². The molecule has 0 aliphatic rings. The van der Waals surface area contributed by atoms with Crippen molar-refractivity contribution in [2.45, 2.75) is 39.2 Å². The van der Waals surface area contributed by atoms with Crippen LogP contribution in [0.3, 0.4) is 0 Å². The Kier molecular flexibility index (Phi) is 10.5. The quantitative estimate of drug-likeness (QED) is 0.707. The lowest BCUT2D eigenvalue weighted by molar-refractivity contribution is -0.122. The van der Waals surface area contributed by atoms with Gasteiger partial charge in [0.05, 0.1) is 6.04 Å². The Balaban J connectivity index is 0.00000400. The van der Waals surface area contributed by atoms with E-state index in [-0.39, 0.29) is 24.4 Å². The molecule has 0 saturated heterocycles. The highest BCUT2D eigenvalue weighted by atomic mass is 35.5. The van der Waals surface area contributed by atoms with Crippen LogP contribution < -0.4 is 10.6 Å². The number of carbonyl (C=O) groups is 1. The lowest BCUT2D eigenvalue weighted by Gasteiger charge is -2.21. The largest absolute Gasteiger partial charge is 0.349 e. The zero-order valence-electron chi connectivity index (χ0n) is 13.0. The summed E-state index contributed by atoms with van der Waals surface area (Å²) in [6.45, 7) is 5.19. The lowest BCUT2D eigenvalue weighted by Crippen LogP contribution is -2.29. The molecule has 5 heteroatoms. The Morgan fingerprint density at radius 2 is 1.86 bits per heavy atom. The van der Waals surface area contributed by atoms with Crippen LogP contribution >= 0.6 is 24.0 Å². The van der Waals surface area contributed by atoms with Crippen molar-refractivity contribution < 1.29 is 4.79 Å². The summed E-state index contributed by atoms with van der Waals surface area (Å²) in [7, 11) is 1.90. The highest BCUT2D eigenvalue weighted by molar-refractivity contribution is 6.30. The van der Waals surface area contributed by atoms with Crippen LogP contribution in [0.5, 0.6) is 0 Å². The number of rotatable bonds is 8. The van der Waals surface area contributed by atoms with Gasteiger partial charge < -0.3 is 10.6 Å². The predicted molar refractivity (Wildman–Crippen MR) is 92.2 cm³/mol. The van der Waals surface area contributed by atoms with Gasteiger partial charge in [-0.25, -0.2) is 0 Å². The summed E-state index contributed by atoms with van der Waals surface area (Å²) in [4.78, 5) is 12.0. The molecule has 0 fully saturated rings. The monoisotopic (exact) mass is 332 g/mol. The van der Waals surface area contributed by atoms with Crippen LogP contribution in [0, 0.1) is 5.92 Å². The zero-order valence-corrected chi connectivity index (χ0v) is 14.6. The molecular formula is C16H26Cl2N2O. The normalized spacial score (nSPS) is 11.9. The van der Waals surface area contributed by atoms with Gasteiger partial charge in [-0.1, -0.05) is 37.6 Å². The summed E-state index contributed by atoms with van der Waals surface area (Å²) >= 11 is 5.92. The molecule has 3 nitrogen and oxygen atoms in total. The predicted octanol–water partition coefficient (Wildman–Crippen LogP) is 3.96. The van der Waals surface area contributed by atoms with E-state index >= 15 is 0 Å². The molecule has 2 N–H and O–H groups in total. The number of hydrogen-bond acceptors (Lipinski definition) is 2. The summed E-state index contributed by atoms with van der Waals surface area (Å²) in [6, 6.07) is 7.79. The molecule has 120 valence electrons. The maximum Gasteiger partial charge on any atom is 0.220 e. The highest BCUT2D eigenvalue weighted by Crippen LogP contribution is 2.23. The van der Waals surface area contributed by atoms with Gasteiger partial charge in [0.15, 0.2) is 0 Å². The molecule has 1 aromatic carbocycles. The Morgan fingerprint density at radius 1 is 1.24 bits per heavy atom. The van der Waals surface area contributed by atoms with E-state index in [4.69, 9.17) is 11.6 Å². The molecule has 0 radical (unpaired) electrons. The first-order chi connectivity index (χ1) is 9.52. The first-order valence-corrected chi connectivity index (χ1v) is 7.60. The van der Waals surface area contributed by atoms with Crippen molar-refractivity contribution in [3.05, 3.63) is 34.9 Å². The van der Waals surface area contributed by atoms with Crippen molar-refractivity contribution in [3.63, 3.8) is 0 Å². The molecule has 1 unspecified atom stereocenters. The van der Waals surface area contributed by atoms with E-state index in [9.17, 15) is 4.79 Å². The molecule has 0 spiro atoms. The van der Waals surface area contributed by atoms with Crippen LogP contribution in [0.4, 0.5) is 0 Å². The molecule has 0 aromatic heterocycles. The lowest BCUT2D eigenvalue weighted by atomic mass is 9.97. The maximum atomic E-state index is 12.0. The molecule has 0 bridgehead atoms. The standard InChI is InChI=1S/C16H25ClN2O.ClH/c1-12(2)11-15(13-6-8-14(17)9-7-13)19-16(20)5-4-10-18-3;/h6-9,12,15,18H,4-5,10-11H2,1-3H3,(H,19,20);1H. The number of hydrogen-bond donors (Lipinski definition) is 2. The zero-order chi connectivity index (χ0) is 15.0. The van der Waals surface area contributed by atoms with Gasteiger partial charge in [-0.05, 0) is 50.0 Å². The topological polar surface area (TPSA) is 41.1 Å². The number of amides is 1. The molecule has 1 atom stereocenters. The minimum Gasteiger partial charge on any atom is -0.349 e. The van der Waals surface area contributed by atoms with E-state index in [2.05, 4.69) is 24.5 Å². The average molecular weight is 333 g/mol. The maximum absolute atomic E-state index is 12.0. The van der Waals surface area contributed by atoms with Gasteiger partial charge in [0.1, 0.15) is 0 Å². The molecule has 1 rings (SSSR count). The molecule has 0 saturated carbocycles. The van der Waals surface area contributed by atoms with E-state index in [1.54, 1.807) is 0 Å². The fourth-order valence-electron chi connectivity index (χ4n) is 2.14. The summed E-state index contributed by atoms with van der Waals surface area (Å²) in [5.74, 6) is 0.633. The third-order valence-corrected chi connectivity index (χ3v) is 3.40. The van der Waals surface area contributed by atoms with Crippen LogP contribution in [-0.4, -0.2) is 19.5 Å². The van der Waals surface area contributed by atoms with Crippen LogP contribution in [0.1, 0.15) is 44.7 Å². The highest BCUT2D eigenvalue weighted by Gasteiger charge is 2.15. The number of benzene rings is 1. The van der Waals surface area contributed by atoms with Gasteiger partial charge in [-0.3, -0.25) is 4.79 Å². The number of halogens is 2. The average Bonchev–Trinajstić information content (AvgIpc) is 2.38. The minimum atomic E-state index is 0. The Morgan fingerprint density at radius 3 is 2.38 bits per heavy atom. The van der Waals surface area contributed by atoms with E-state index < -0.39 is 0 Å². The van der Waals surface area contributed by atoms with Gasteiger partial charge in [0.25, 0.3) is 0 Å². The van der Waals surface area contributed by atoms with Gasteiger partial charge >= 0.3 is 0 Å². The first-order valence-electron chi connectivity index (χ1n) is 7.22. The fourth-order valence-corrected chi connectivity index (χ4v) is 2.26. The van der Waals surface area contributed by atoms with Gasteiger partial charge in [0, 0.05) is 11.4 Å². The van der Waals surface area contributed by atoms with Gasteiger partial charge in [-0.15, -0.1) is 12.4 Å². The second-order valence-electron chi connectivity index (χ2n) is 5.51. The summed E-state index contributed by atoms with van der Waals surface area (Å²) in [5, 5.41) is 6.90. The summed E-state index contributed by atoms with van der Waals surface area (Å²) < 4.78 is 0. The van der Waals surface area contributed by atoms with Crippen LogP contribution in [0.15, 0.2) is 24.3 Å². The third kappa shape index (κ3) is 8.30. The SMILES string of the molecule is CNCCCC(=O)NC(CC(C)C)c1ccc(Cl)cc1.Cl. The molecule has 0 heterocycles. The molecule has 0 aliphatic heterocycles. The van der Waals surface area contributed by atoms with Crippen molar-refractivity contribution in [1.29, 1.82) is 0 Å². The summed E-state index contributed by atoms with van der Waals surface area (Å²) in [5.41, 5.74) is 1.12. The summed E-state index contributed by atoms with van der Waals surface area (Å²) in [6.07, 6.45) is 2.35. The Bertz CT molecular complexity index is 407. The number of nitrogens with one attached hydrogen (secondary N) is 2. The van der Waals surface area contributed by atoms with E-state index in [1.165, 1.54) is 0 Å². The smallest absolute Gasteiger partial charge is 0.220 e. The molecular weight excluding hydrogens is 307 g/mol. The van der Waals surface area contributed by atoms with Crippen molar-refractivity contribution in [2.75, 3.05) is 13.6 Å². The molecule has 21 heavy (non-hydrogen) atoms. The fraction of sp³-hybridized carbons (Fsp3) is 0.562. The Labute approximate surface area is 139 Å². The van der Waals surface area contributed by atoms with Gasteiger partial charge in [0.2, 0.25) is 5.91 Å². The van der Waals surface area contributed by atoms with Crippen molar-refractivity contribution in [3.8, 4) is 0 Å². The number of carbonyl (C=O) groups excluding carboxylic acids is 1. The van der Waals surface area contributed by atoms with Crippen molar-refractivity contribution >= 4 is 29.9 Å². The van der Waals surface area contributed by atoms with E-state index in [0.717, 1.165) is 30.0 Å².